The average molecular weight is 515 g/mol. The van der Waals surface area contributed by atoms with E-state index in [2.05, 4.69) is 5.32 Å². The van der Waals surface area contributed by atoms with E-state index < -0.39 is 23.7 Å². The molecule has 0 aromatic heterocycles. The van der Waals surface area contributed by atoms with Gasteiger partial charge in [0.2, 0.25) is 11.8 Å². The lowest BCUT2D eigenvalue weighted by Gasteiger charge is -2.42. The standard InChI is InChI=1S/C24H33F3N4O5/c1-16(2)11-29-7-6-28-23(34)19-10-17(24(25,26)27)4-5-20(19)36-14-18-12-30(22(33)15-35-3)8-9-31(18)21(32)13-29/h4-5,10,16,18H,6-9,11-15H2,1-3H3,(H,28,34)/t18-/m0/s1. The number of nitrogens with zero attached hydrogens (tertiary/aromatic N) is 3. The molecule has 3 rings (SSSR count). The van der Waals surface area contributed by atoms with Crippen molar-refractivity contribution in [2.75, 3.05) is 66.1 Å². The van der Waals surface area contributed by atoms with Gasteiger partial charge in [-0.25, -0.2) is 0 Å². The number of hydrogen-bond acceptors (Lipinski definition) is 6. The van der Waals surface area contributed by atoms with Crippen LogP contribution in [0.25, 0.3) is 0 Å². The van der Waals surface area contributed by atoms with Crippen molar-refractivity contribution < 1.29 is 37.0 Å². The van der Waals surface area contributed by atoms with Crippen LogP contribution in [0, 0.1) is 5.92 Å². The second-order valence-electron chi connectivity index (χ2n) is 9.42. The van der Waals surface area contributed by atoms with Gasteiger partial charge in [0, 0.05) is 46.4 Å². The second kappa shape index (κ2) is 11.9. The summed E-state index contributed by atoms with van der Waals surface area (Å²) in [7, 11) is 1.42. The number of nitrogens with one attached hydrogen (secondary N) is 1. The lowest BCUT2D eigenvalue weighted by molar-refractivity contribution is -0.146. The highest BCUT2D eigenvalue weighted by Gasteiger charge is 2.35. The normalized spacial score (nSPS) is 20.5. The first kappa shape index (κ1) is 27.7. The van der Waals surface area contributed by atoms with Crippen LogP contribution in [0.5, 0.6) is 5.75 Å². The van der Waals surface area contributed by atoms with Crippen molar-refractivity contribution in [2.24, 2.45) is 5.92 Å². The van der Waals surface area contributed by atoms with Crippen molar-refractivity contribution in [1.29, 1.82) is 0 Å². The predicted molar refractivity (Wildman–Crippen MR) is 125 cm³/mol. The molecule has 0 spiro atoms. The minimum Gasteiger partial charge on any atom is -0.491 e. The van der Waals surface area contributed by atoms with Gasteiger partial charge in [0.15, 0.2) is 0 Å². The average Bonchev–Trinajstić information content (AvgIpc) is 2.81. The molecule has 2 aliphatic rings. The number of fused-ring (bicyclic) bond motifs is 2. The highest BCUT2D eigenvalue weighted by Crippen LogP contribution is 2.33. The van der Waals surface area contributed by atoms with Crippen LogP contribution < -0.4 is 10.1 Å². The number of methoxy groups -OCH3 is 1. The minimum atomic E-state index is -4.63. The van der Waals surface area contributed by atoms with E-state index in [1.165, 1.54) is 7.11 Å². The first-order chi connectivity index (χ1) is 17.0. The number of amides is 3. The molecule has 2 heterocycles. The molecule has 12 heteroatoms. The van der Waals surface area contributed by atoms with Gasteiger partial charge in [0.1, 0.15) is 19.0 Å². The Morgan fingerprint density at radius 3 is 2.64 bits per heavy atom. The van der Waals surface area contributed by atoms with Crippen molar-refractivity contribution in [3.8, 4) is 5.75 Å². The Morgan fingerprint density at radius 2 is 1.97 bits per heavy atom. The van der Waals surface area contributed by atoms with E-state index in [1.807, 2.05) is 18.7 Å². The smallest absolute Gasteiger partial charge is 0.416 e. The molecule has 36 heavy (non-hydrogen) atoms. The summed E-state index contributed by atoms with van der Waals surface area (Å²) in [6.07, 6.45) is -4.63. The number of ether oxygens (including phenoxy) is 2. The molecule has 0 radical (unpaired) electrons. The Labute approximate surface area is 208 Å². The van der Waals surface area contributed by atoms with Gasteiger partial charge in [-0.3, -0.25) is 19.3 Å². The van der Waals surface area contributed by atoms with E-state index in [4.69, 9.17) is 9.47 Å². The van der Waals surface area contributed by atoms with E-state index in [-0.39, 0.29) is 68.4 Å². The fourth-order valence-electron chi connectivity index (χ4n) is 4.42. The van der Waals surface area contributed by atoms with Gasteiger partial charge in [-0.1, -0.05) is 13.8 Å². The third-order valence-electron chi connectivity index (χ3n) is 6.10. The lowest BCUT2D eigenvalue weighted by Crippen LogP contribution is -2.60. The molecule has 1 atom stereocenters. The maximum atomic E-state index is 13.3. The van der Waals surface area contributed by atoms with Crippen LogP contribution >= 0.6 is 0 Å². The van der Waals surface area contributed by atoms with Crippen molar-refractivity contribution in [1.82, 2.24) is 20.0 Å². The van der Waals surface area contributed by atoms with Crippen LogP contribution in [0.1, 0.15) is 29.8 Å². The molecule has 1 N–H and O–H groups in total. The quantitative estimate of drug-likeness (QED) is 0.655. The fourth-order valence-corrected chi connectivity index (χ4v) is 4.42. The van der Waals surface area contributed by atoms with Crippen LogP contribution in [-0.4, -0.2) is 105 Å². The number of piperazine rings is 1. The number of alkyl halides is 3. The van der Waals surface area contributed by atoms with E-state index in [0.29, 0.717) is 19.6 Å². The summed E-state index contributed by atoms with van der Waals surface area (Å²) >= 11 is 0. The molecule has 1 saturated heterocycles. The summed E-state index contributed by atoms with van der Waals surface area (Å²) in [6.45, 7) is 5.83. The number of rotatable bonds is 4. The molecule has 0 saturated carbocycles. The highest BCUT2D eigenvalue weighted by molar-refractivity contribution is 5.97. The number of carbonyl (C=O) groups excluding carboxylic acids is 3. The topological polar surface area (TPSA) is 91.4 Å². The van der Waals surface area contributed by atoms with Crippen molar-refractivity contribution in [3.05, 3.63) is 29.3 Å². The third kappa shape index (κ3) is 7.10. The summed E-state index contributed by atoms with van der Waals surface area (Å²) in [5.74, 6) is -0.832. The van der Waals surface area contributed by atoms with Crippen LogP contribution in [0.2, 0.25) is 0 Å². The van der Waals surface area contributed by atoms with Gasteiger partial charge in [-0.05, 0) is 24.1 Å². The van der Waals surface area contributed by atoms with E-state index in [9.17, 15) is 27.6 Å². The Kier molecular flexibility index (Phi) is 9.18. The van der Waals surface area contributed by atoms with Gasteiger partial charge >= 0.3 is 6.18 Å². The molecule has 1 fully saturated rings. The van der Waals surface area contributed by atoms with Gasteiger partial charge in [0.05, 0.1) is 23.7 Å². The number of hydrogen-bond donors (Lipinski definition) is 1. The van der Waals surface area contributed by atoms with Crippen molar-refractivity contribution >= 4 is 17.7 Å². The zero-order chi connectivity index (χ0) is 26.5. The van der Waals surface area contributed by atoms with E-state index in [0.717, 1.165) is 18.2 Å². The largest absolute Gasteiger partial charge is 0.491 e. The van der Waals surface area contributed by atoms with E-state index >= 15 is 0 Å². The first-order valence-electron chi connectivity index (χ1n) is 11.9. The van der Waals surface area contributed by atoms with Gasteiger partial charge in [0.25, 0.3) is 5.91 Å². The summed E-state index contributed by atoms with van der Waals surface area (Å²) in [4.78, 5) is 43.7. The second-order valence-corrected chi connectivity index (χ2v) is 9.42. The van der Waals surface area contributed by atoms with Gasteiger partial charge in [-0.15, -0.1) is 0 Å². The van der Waals surface area contributed by atoms with Crippen molar-refractivity contribution in [2.45, 2.75) is 26.1 Å². The van der Waals surface area contributed by atoms with Crippen LogP contribution in [0.3, 0.4) is 0 Å². The van der Waals surface area contributed by atoms with Gasteiger partial charge in [-0.2, -0.15) is 13.2 Å². The molecule has 9 nitrogen and oxygen atoms in total. The number of carbonyl (C=O) groups is 3. The van der Waals surface area contributed by atoms with Crippen LogP contribution in [0.15, 0.2) is 18.2 Å². The molecule has 2 aliphatic heterocycles. The van der Waals surface area contributed by atoms with Crippen LogP contribution in [-0.2, 0) is 20.5 Å². The SMILES string of the molecule is COCC(=O)N1CCN2C(=O)CN(CC(C)C)CCNC(=O)c3cc(C(F)(F)F)ccc3OC[C@@H]2C1. The molecule has 1 aromatic carbocycles. The third-order valence-corrected chi connectivity index (χ3v) is 6.10. The zero-order valence-corrected chi connectivity index (χ0v) is 20.8. The van der Waals surface area contributed by atoms with Gasteiger partial charge < -0.3 is 24.6 Å². The van der Waals surface area contributed by atoms with Crippen LogP contribution in [0.4, 0.5) is 13.2 Å². The number of halogens is 3. The molecule has 1 aromatic rings. The fraction of sp³-hybridized carbons (Fsp3) is 0.625. The molecular formula is C24H33F3N4O5. The van der Waals surface area contributed by atoms with E-state index in [1.54, 1.807) is 9.80 Å². The summed E-state index contributed by atoms with van der Waals surface area (Å²) in [5.41, 5.74) is -1.20. The molecule has 3 amide bonds. The summed E-state index contributed by atoms with van der Waals surface area (Å²) < 4.78 is 50.8. The summed E-state index contributed by atoms with van der Waals surface area (Å²) in [6, 6.07) is 2.19. The Balaban J connectivity index is 1.94. The molecule has 200 valence electrons. The maximum absolute atomic E-state index is 13.3. The van der Waals surface area contributed by atoms with Crippen molar-refractivity contribution in [3.63, 3.8) is 0 Å². The lowest BCUT2D eigenvalue weighted by atomic mass is 10.1. The number of benzene rings is 1. The highest BCUT2D eigenvalue weighted by atomic mass is 19.4. The molecular weight excluding hydrogens is 481 g/mol. The first-order valence-corrected chi connectivity index (χ1v) is 11.9. The maximum Gasteiger partial charge on any atom is 0.416 e. The Morgan fingerprint density at radius 1 is 1.22 bits per heavy atom. The Hall–Kier alpha value is -2.86. The molecule has 0 unspecified atom stereocenters. The summed E-state index contributed by atoms with van der Waals surface area (Å²) in [5, 5.41) is 2.65. The Bertz CT molecular complexity index is 956. The monoisotopic (exact) mass is 514 g/mol. The zero-order valence-electron chi connectivity index (χ0n) is 20.8. The minimum absolute atomic E-state index is 0.0217. The predicted octanol–water partition coefficient (Wildman–Crippen LogP) is 1.47. The molecule has 0 aliphatic carbocycles. The molecule has 0 bridgehead atoms.